The Morgan fingerprint density at radius 2 is 1.63 bits per heavy atom. The van der Waals surface area contributed by atoms with E-state index in [0.29, 0.717) is 11.5 Å². The second-order valence-electron chi connectivity index (χ2n) is 5.70. The molecule has 7 heteroatoms. The van der Waals surface area contributed by atoms with Crippen molar-refractivity contribution < 1.29 is 14.3 Å². The molecule has 0 aromatic carbocycles. The second-order valence-corrected chi connectivity index (χ2v) is 7.73. The summed E-state index contributed by atoms with van der Waals surface area (Å²) in [6, 6.07) is 7.71. The highest BCUT2D eigenvalue weighted by Crippen LogP contribution is 2.29. The minimum atomic E-state index is -0.252. The third-order valence-electron chi connectivity index (χ3n) is 4.03. The van der Waals surface area contributed by atoms with E-state index in [1.54, 1.807) is 19.3 Å². The molecule has 0 saturated carbocycles. The number of ether oxygens (including phenoxy) is 1. The molecular formula is C20H18N2O3S2. The van der Waals surface area contributed by atoms with Gasteiger partial charge in [-0.15, -0.1) is 22.7 Å². The average molecular weight is 399 g/mol. The van der Waals surface area contributed by atoms with Crippen molar-refractivity contribution in [1.29, 1.82) is 0 Å². The summed E-state index contributed by atoms with van der Waals surface area (Å²) < 4.78 is 4.98. The molecule has 4 rings (SSSR count). The molecular weight excluding hydrogens is 380 g/mol. The third kappa shape index (κ3) is 3.89. The number of esters is 1. The summed E-state index contributed by atoms with van der Waals surface area (Å²) in [6.45, 7) is 6.08. The summed E-state index contributed by atoms with van der Waals surface area (Å²) >= 11 is 2.83. The average Bonchev–Trinajstić information content (AvgIpc) is 3.20. The molecule has 0 aliphatic heterocycles. The van der Waals surface area contributed by atoms with E-state index in [2.05, 4.69) is 9.97 Å². The van der Waals surface area contributed by atoms with Crippen LogP contribution < -0.4 is 0 Å². The van der Waals surface area contributed by atoms with Gasteiger partial charge in [-0.2, -0.15) is 0 Å². The number of thiophene rings is 2. The van der Waals surface area contributed by atoms with E-state index in [9.17, 15) is 9.59 Å². The highest BCUT2D eigenvalue weighted by atomic mass is 32.1. The van der Waals surface area contributed by atoms with Gasteiger partial charge in [0.05, 0.1) is 11.5 Å². The number of hydrogen-bond acceptors (Lipinski definition) is 7. The topological polar surface area (TPSA) is 69.2 Å². The molecule has 0 amide bonds. The standard InChI is InChI=1S/C11H11NO2S.C9H7NOS/c1-3-14-11(13)9-7(2)8-5-4-6-12-10(8)15-9;1-6-7-3-2-4-10-9(7)12-8(6)5-11/h4-6H,3H2,1-2H3;2-5H,1H3. The molecule has 0 saturated heterocycles. The van der Waals surface area contributed by atoms with E-state index in [1.807, 2.05) is 38.1 Å². The summed E-state index contributed by atoms with van der Waals surface area (Å²) in [5, 5.41) is 2.12. The summed E-state index contributed by atoms with van der Waals surface area (Å²) in [7, 11) is 0. The number of rotatable bonds is 3. The van der Waals surface area contributed by atoms with Gasteiger partial charge in [0, 0.05) is 23.2 Å². The molecule has 0 unspecified atom stereocenters. The molecule has 4 heterocycles. The monoisotopic (exact) mass is 398 g/mol. The van der Waals surface area contributed by atoms with Crippen LogP contribution in [0.25, 0.3) is 20.4 Å². The second kappa shape index (κ2) is 8.37. The van der Waals surface area contributed by atoms with Crippen molar-refractivity contribution >= 4 is 55.4 Å². The predicted octanol–water partition coefficient (Wildman–Crippen LogP) is 5.20. The molecule has 4 aromatic rings. The van der Waals surface area contributed by atoms with Crippen LogP contribution in [0.4, 0.5) is 0 Å². The van der Waals surface area contributed by atoms with Crippen molar-refractivity contribution in [2.75, 3.05) is 6.61 Å². The summed E-state index contributed by atoms with van der Waals surface area (Å²) in [4.78, 5) is 33.8. The number of hydrogen-bond donors (Lipinski definition) is 0. The number of pyridine rings is 2. The maximum Gasteiger partial charge on any atom is 0.348 e. The number of aromatic nitrogens is 2. The largest absolute Gasteiger partial charge is 0.462 e. The SMILES string of the molecule is CCOC(=O)c1sc2ncccc2c1C.Cc1c(C=O)sc2ncccc12. The quantitative estimate of drug-likeness (QED) is 0.350. The lowest BCUT2D eigenvalue weighted by Crippen LogP contribution is -2.03. The molecule has 0 spiro atoms. The van der Waals surface area contributed by atoms with Gasteiger partial charge < -0.3 is 4.74 Å². The third-order valence-corrected chi connectivity index (χ3v) is 6.37. The van der Waals surface area contributed by atoms with Crippen LogP contribution in [0.2, 0.25) is 0 Å². The Balaban J connectivity index is 0.000000159. The van der Waals surface area contributed by atoms with Crippen LogP contribution in [-0.4, -0.2) is 28.8 Å². The fourth-order valence-electron chi connectivity index (χ4n) is 2.63. The van der Waals surface area contributed by atoms with Gasteiger partial charge >= 0.3 is 5.97 Å². The molecule has 0 fully saturated rings. The first-order valence-corrected chi connectivity index (χ1v) is 10.0. The minimum Gasteiger partial charge on any atom is -0.462 e. The predicted molar refractivity (Wildman–Crippen MR) is 110 cm³/mol. The van der Waals surface area contributed by atoms with Gasteiger partial charge in [-0.1, -0.05) is 12.1 Å². The molecule has 27 heavy (non-hydrogen) atoms. The smallest absolute Gasteiger partial charge is 0.348 e. The van der Waals surface area contributed by atoms with Gasteiger partial charge in [-0.3, -0.25) is 4.79 Å². The summed E-state index contributed by atoms with van der Waals surface area (Å²) in [6.07, 6.45) is 4.36. The lowest BCUT2D eigenvalue weighted by molar-refractivity contribution is 0.0531. The van der Waals surface area contributed by atoms with Gasteiger partial charge in [0.2, 0.25) is 0 Å². The molecule has 5 nitrogen and oxygen atoms in total. The van der Waals surface area contributed by atoms with Crippen molar-refractivity contribution in [2.45, 2.75) is 20.8 Å². The minimum absolute atomic E-state index is 0.252. The van der Waals surface area contributed by atoms with Gasteiger partial charge in [0.1, 0.15) is 14.5 Å². The molecule has 138 valence electrons. The molecule has 0 aliphatic carbocycles. The fraction of sp³-hybridized carbons (Fsp3) is 0.200. The van der Waals surface area contributed by atoms with Gasteiger partial charge in [0.25, 0.3) is 0 Å². The highest BCUT2D eigenvalue weighted by molar-refractivity contribution is 7.20. The summed E-state index contributed by atoms with van der Waals surface area (Å²) in [5.74, 6) is -0.252. The van der Waals surface area contributed by atoms with Crippen molar-refractivity contribution in [2.24, 2.45) is 0 Å². The first kappa shape index (κ1) is 19.1. The van der Waals surface area contributed by atoms with Crippen LogP contribution >= 0.6 is 22.7 Å². The van der Waals surface area contributed by atoms with Crippen molar-refractivity contribution in [3.05, 3.63) is 57.5 Å². The Morgan fingerprint density at radius 3 is 2.15 bits per heavy atom. The highest BCUT2D eigenvalue weighted by Gasteiger charge is 2.16. The van der Waals surface area contributed by atoms with Gasteiger partial charge in [-0.25, -0.2) is 14.8 Å². The lowest BCUT2D eigenvalue weighted by Gasteiger charge is -1.98. The molecule has 0 radical (unpaired) electrons. The maximum absolute atomic E-state index is 11.6. The fourth-order valence-corrected chi connectivity index (χ4v) is 4.64. The number of fused-ring (bicyclic) bond motifs is 2. The van der Waals surface area contributed by atoms with E-state index in [1.165, 1.54) is 22.7 Å². The molecule has 0 aliphatic rings. The Kier molecular flexibility index (Phi) is 5.93. The molecule has 0 bridgehead atoms. The zero-order chi connectivity index (χ0) is 19.4. The molecule has 0 N–H and O–H groups in total. The van der Waals surface area contributed by atoms with Crippen LogP contribution in [0.15, 0.2) is 36.7 Å². The first-order valence-electron chi connectivity index (χ1n) is 8.37. The van der Waals surface area contributed by atoms with Gasteiger partial charge in [-0.05, 0) is 44.0 Å². The molecule has 4 aromatic heterocycles. The van der Waals surface area contributed by atoms with Crippen LogP contribution in [0.3, 0.4) is 0 Å². The zero-order valence-electron chi connectivity index (χ0n) is 15.2. The van der Waals surface area contributed by atoms with Crippen molar-refractivity contribution in [3.8, 4) is 0 Å². The summed E-state index contributed by atoms with van der Waals surface area (Å²) in [5.41, 5.74) is 2.00. The Morgan fingerprint density at radius 1 is 1.04 bits per heavy atom. The maximum atomic E-state index is 11.6. The van der Waals surface area contributed by atoms with Crippen LogP contribution in [0.1, 0.15) is 37.4 Å². The Bertz CT molecular complexity index is 1120. The van der Waals surface area contributed by atoms with E-state index in [4.69, 9.17) is 4.74 Å². The first-order chi connectivity index (χ1) is 13.1. The number of aryl methyl sites for hydroxylation is 2. The van der Waals surface area contributed by atoms with Crippen LogP contribution in [0, 0.1) is 13.8 Å². The number of carbonyl (C=O) groups is 2. The molecule has 0 atom stereocenters. The normalized spacial score (nSPS) is 10.5. The lowest BCUT2D eigenvalue weighted by atomic mass is 10.2. The van der Waals surface area contributed by atoms with E-state index in [0.717, 1.165) is 42.7 Å². The van der Waals surface area contributed by atoms with Crippen molar-refractivity contribution in [1.82, 2.24) is 9.97 Å². The Hall–Kier alpha value is -2.64. The van der Waals surface area contributed by atoms with Crippen molar-refractivity contribution in [3.63, 3.8) is 0 Å². The number of carbonyl (C=O) groups excluding carboxylic acids is 2. The van der Waals surface area contributed by atoms with E-state index < -0.39 is 0 Å². The Labute approximate surface area is 164 Å². The van der Waals surface area contributed by atoms with E-state index >= 15 is 0 Å². The zero-order valence-corrected chi connectivity index (χ0v) is 16.8. The number of nitrogens with zero attached hydrogens (tertiary/aromatic N) is 2. The number of aldehydes is 1. The van der Waals surface area contributed by atoms with Crippen LogP contribution in [-0.2, 0) is 4.74 Å². The van der Waals surface area contributed by atoms with Crippen LogP contribution in [0.5, 0.6) is 0 Å². The van der Waals surface area contributed by atoms with E-state index in [-0.39, 0.29) is 5.97 Å². The van der Waals surface area contributed by atoms with Gasteiger partial charge in [0.15, 0.2) is 6.29 Å².